The summed E-state index contributed by atoms with van der Waals surface area (Å²) in [6, 6.07) is -1.63. The molecule has 2 aliphatic heterocycles. The minimum Gasteiger partial charge on any atom is -0.394 e. The predicted octanol–water partition coefficient (Wildman–Crippen LogP) is -3.00. The summed E-state index contributed by atoms with van der Waals surface area (Å²) in [7, 11) is 7.43. The highest BCUT2D eigenvalue weighted by molar-refractivity contribution is 7.47. The molecule has 0 aromatic rings. The summed E-state index contributed by atoms with van der Waals surface area (Å²) in [6.07, 6.45) is -5.25. The number of phosphoric ester groups is 1. The molecule has 2 saturated heterocycles. The van der Waals surface area contributed by atoms with Crippen LogP contribution in [0.1, 0.15) is 6.42 Å². The van der Waals surface area contributed by atoms with Crippen molar-refractivity contribution in [3.63, 3.8) is 0 Å². The Hall–Kier alpha value is 0.105. The predicted molar refractivity (Wildman–Crippen MR) is 79.0 cm³/mol. The van der Waals surface area contributed by atoms with Gasteiger partial charge in [-0.25, -0.2) is 4.57 Å². The molecule has 5 radical (unpaired) electrons. The molecule has 0 bridgehead atoms. The topological polar surface area (TPSA) is 135 Å². The van der Waals surface area contributed by atoms with Crippen LogP contribution in [0, 0.1) is 0 Å². The third-order valence-electron chi connectivity index (χ3n) is 3.66. The summed E-state index contributed by atoms with van der Waals surface area (Å²) in [5.41, 5.74) is 0. The molecular formula is C10H17B3O9P. The van der Waals surface area contributed by atoms with Gasteiger partial charge >= 0.3 is 7.82 Å². The second-order valence-corrected chi connectivity index (χ2v) is 6.75. The van der Waals surface area contributed by atoms with E-state index < -0.39 is 57.0 Å². The first-order chi connectivity index (χ1) is 11.3. The fraction of sp³-hybridized carbons (Fsp3) is 1.00. The van der Waals surface area contributed by atoms with E-state index in [1.807, 2.05) is 0 Å². The Bertz CT molecular complexity index is 463. The first-order valence-electron chi connectivity index (χ1n) is 7.39. The van der Waals surface area contributed by atoms with Gasteiger partial charge in [0.15, 0.2) is 0 Å². The minimum absolute atomic E-state index is 0.244. The molecule has 2 aliphatic rings. The molecule has 0 spiro atoms. The number of rotatable bonds is 8. The standard InChI is InChI=1S/C10H17B3O9P/c11-10-8(16)9(5(2-14)21-10)22-23(17,18)19-3-6-4(15)1-7(13-12)20-6/h4-10,14-16H,1-3H2,(H,17,18)/t4?,5-,6-,7-,8+,9?,10-/m1/s1/i14D. The molecule has 0 amide bonds. The molecule has 0 aliphatic carbocycles. The van der Waals surface area contributed by atoms with Crippen molar-refractivity contribution in [3.05, 3.63) is 0 Å². The highest BCUT2D eigenvalue weighted by Gasteiger charge is 2.46. The van der Waals surface area contributed by atoms with Gasteiger partial charge < -0.3 is 29.7 Å². The summed E-state index contributed by atoms with van der Waals surface area (Å²) in [4.78, 5) is 9.78. The van der Waals surface area contributed by atoms with E-state index in [0.717, 1.165) is 0 Å². The molecule has 2 fully saturated rings. The molecule has 2 heterocycles. The zero-order chi connectivity index (χ0) is 17.9. The number of phosphoric acid groups is 1. The van der Waals surface area contributed by atoms with E-state index in [4.69, 9.17) is 35.5 Å². The lowest BCUT2D eigenvalue weighted by Crippen LogP contribution is -2.36. The zero-order valence-electron chi connectivity index (χ0n) is 13.1. The van der Waals surface area contributed by atoms with Crippen LogP contribution in [0.25, 0.3) is 0 Å². The van der Waals surface area contributed by atoms with E-state index in [0.29, 0.717) is 0 Å². The molecule has 4 N–H and O–H groups in total. The van der Waals surface area contributed by atoms with E-state index in [9.17, 15) is 19.7 Å². The quantitative estimate of drug-likeness (QED) is 0.268. The molecule has 3 unspecified atom stereocenters. The lowest BCUT2D eigenvalue weighted by atomic mass is 9.51. The molecule has 8 atom stereocenters. The van der Waals surface area contributed by atoms with Gasteiger partial charge in [0.1, 0.15) is 32.3 Å². The maximum atomic E-state index is 12.0. The zero-order valence-corrected chi connectivity index (χ0v) is 13.0. The Morgan fingerprint density at radius 1 is 1.39 bits per heavy atom. The minimum atomic E-state index is -4.62. The lowest BCUT2D eigenvalue weighted by Gasteiger charge is -2.23. The third kappa shape index (κ3) is 4.81. The van der Waals surface area contributed by atoms with Crippen molar-refractivity contribution in [2.24, 2.45) is 0 Å². The van der Waals surface area contributed by atoms with Crippen LogP contribution in [-0.4, -0.2) is 100 Å². The fourth-order valence-electron chi connectivity index (χ4n) is 2.42. The molecule has 9 nitrogen and oxygen atoms in total. The van der Waals surface area contributed by atoms with Crippen LogP contribution in [0.15, 0.2) is 0 Å². The third-order valence-corrected chi connectivity index (χ3v) is 4.65. The molecule has 13 heteroatoms. The van der Waals surface area contributed by atoms with Crippen LogP contribution in [0.4, 0.5) is 0 Å². The second-order valence-electron chi connectivity index (χ2n) is 5.34. The van der Waals surface area contributed by atoms with Crippen molar-refractivity contribution < 1.29 is 43.3 Å². The molecule has 0 saturated carbocycles. The molecule has 2 rings (SSSR count). The number of hydrogen-bond donors (Lipinski definition) is 4. The van der Waals surface area contributed by atoms with E-state index in [2.05, 4.69) is 5.11 Å². The van der Waals surface area contributed by atoms with Gasteiger partial charge in [0, 0.05) is 19.7 Å². The van der Waals surface area contributed by atoms with Gasteiger partial charge in [-0.2, -0.15) is 0 Å². The first-order valence-corrected chi connectivity index (χ1v) is 8.48. The molecule has 0 aromatic carbocycles. The Kier molecular flexibility index (Phi) is 6.22. The van der Waals surface area contributed by atoms with E-state index in [1.54, 1.807) is 0 Å². The average Bonchev–Trinajstić information content (AvgIpc) is 3.01. The van der Waals surface area contributed by atoms with Crippen LogP contribution in [0.3, 0.4) is 0 Å². The second kappa shape index (κ2) is 7.99. The van der Waals surface area contributed by atoms with Gasteiger partial charge in [-0.15, -0.1) is 0 Å². The average molecular weight is 346 g/mol. The van der Waals surface area contributed by atoms with Crippen molar-refractivity contribution in [2.45, 2.75) is 48.9 Å². The van der Waals surface area contributed by atoms with Crippen molar-refractivity contribution >= 4 is 30.6 Å². The number of aliphatic hydroxyl groups is 3. The fourth-order valence-corrected chi connectivity index (χ4v) is 3.38. The van der Waals surface area contributed by atoms with Gasteiger partial charge in [-0.3, -0.25) is 9.05 Å². The van der Waals surface area contributed by atoms with Crippen LogP contribution in [0.5, 0.6) is 0 Å². The van der Waals surface area contributed by atoms with E-state index in [-0.39, 0.29) is 13.0 Å². The van der Waals surface area contributed by atoms with Gasteiger partial charge in [-0.05, 0) is 6.42 Å². The largest absolute Gasteiger partial charge is 0.472 e. The number of hydrogen-bond acceptors (Lipinski definition) is 8. The summed E-state index contributed by atoms with van der Waals surface area (Å²) in [6.45, 7) is -0.748. The molecule has 23 heavy (non-hydrogen) atoms. The smallest absolute Gasteiger partial charge is 0.394 e. The van der Waals surface area contributed by atoms with E-state index in [1.165, 1.54) is 7.17 Å². The van der Waals surface area contributed by atoms with Crippen molar-refractivity contribution in [1.82, 2.24) is 0 Å². The van der Waals surface area contributed by atoms with Gasteiger partial charge in [0.2, 0.25) is 1.43 Å². The van der Waals surface area contributed by atoms with Gasteiger partial charge in [0.05, 0.1) is 26.5 Å². The van der Waals surface area contributed by atoms with Crippen molar-refractivity contribution in [2.75, 3.05) is 13.2 Å². The maximum absolute atomic E-state index is 12.0. The Labute approximate surface area is 138 Å². The highest BCUT2D eigenvalue weighted by atomic mass is 31.2. The Morgan fingerprint density at radius 2 is 2.13 bits per heavy atom. The van der Waals surface area contributed by atoms with Crippen LogP contribution in [-0.2, 0) is 23.1 Å². The van der Waals surface area contributed by atoms with Gasteiger partial charge in [-0.1, -0.05) is 0 Å². The first kappa shape index (κ1) is 17.9. The van der Waals surface area contributed by atoms with E-state index >= 15 is 0 Å². The van der Waals surface area contributed by atoms with Gasteiger partial charge in [0.25, 0.3) is 0 Å². The molecule has 0 aromatic heterocycles. The summed E-state index contributed by atoms with van der Waals surface area (Å²) in [5.74, 6) is 0. The van der Waals surface area contributed by atoms with Crippen molar-refractivity contribution in [3.8, 4) is 0 Å². The van der Waals surface area contributed by atoms with Crippen LogP contribution >= 0.6 is 7.82 Å². The normalized spacial score (nSPS) is 44.0. The van der Waals surface area contributed by atoms with Crippen LogP contribution in [0.2, 0.25) is 0 Å². The lowest BCUT2D eigenvalue weighted by molar-refractivity contribution is -0.0311. The number of aliphatic hydroxyl groups excluding tert-OH is 3. The SMILES string of the molecule is [2H]OC[C@H]1O[C@@H]([B])[C@@H](O)C1OP(=O)(O)OC[C@H]1O[C@@H]([B][B])CC1O. The summed E-state index contributed by atoms with van der Waals surface area (Å²) >= 11 is 0. The molecular weight excluding hydrogens is 328 g/mol. The summed E-state index contributed by atoms with van der Waals surface area (Å²) < 4.78 is 38.8. The summed E-state index contributed by atoms with van der Waals surface area (Å²) in [5, 5.41) is 23.7. The van der Waals surface area contributed by atoms with Crippen LogP contribution < -0.4 is 0 Å². The number of ether oxygens (including phenoxy) is 2. The Balaban J connectivity index is 1.89. The Morgan fingerprint density at radius 3 is 2.74 bits per heavy atom. The van der Waals surface area contributed by atoms with Crippen molar-refractivity contribution in [1.29, 1.82) is 1.43 Å². The highest BCUT2D eigenvalue weighted by Crippen LogP contribution is 2.47. The maximum Gasteiger partial charge on any atom is 0.472 e. The monoisotopic (exact) mass is 346 g/mol. The molecule has 125 valence electrons.